The highest BCUT2D eigenvalue weighted by Crippen LogP contribution is 2.33. The third kappa shape index (κ3) is 4.96. The average molecular weight is 511 g/mol. The van der Waals surface area contributed by atoms with Crippen LogP contribution < -0.4 is 10.2 Å². The summed E-state index contributed by atoms with van der Waals surface area (Å²) in [6.07, 6.45) is 4.00. The maximum Gasteiger partial charge on any atom is 0.341 e. The molecule has 5 rings (SSSR count). The van der Waals surface area contributed by atoms with Gasteiger partial charge in [0, 0.05) is 37.7 Å². The van der Waals surface area contributed by atoms with Crippen LogP contribution in [0.1, 0.15) is 29.9 Å². The molecule has 36 heavy (non-hydrogen) atoms. The first kappa shape index (κ1) is 24.3. The summed E-state index contributed by atoms with van der Waals surface area (Å²) in [6.45, 7) is 4.31. The number of piperidine rings is 1. The summed E-state index contributed by atoms with van der Waals surface area (Å²) in [4.78, 5) is 23.5. The number of nitrogens with one attached hydrogen (secondary N) is 1. The minimum Gasteiger partial charge on any atom is -0.368 e. The van der Waals surface area contributed by atoms with Crippen LogP contribution in [0.15, 0.2) is 59.9 Å². The Morgan fingerprint density at radius 2 is 1.83 bits per heavy atom. The SMILES string of the molecule is Cc1ccc(S(=O)(=O)OC(=O)C2CCN(c3cncnc3-c3ccc(F)cc3)CC2)c(C2CNC2)c1. The molecule has 0 saturated carbocycles. The highest BCUT2D eigenvalue weighted by Gasteiger charge is 2.34. The highest BCUT2D eigenvalue weighted by molar-refractivity contribution is 7.87. The molecule has 0 amide bonds. The lowest BCUT2D eigenvalue weighted by molar-refractivity contribution is -0.139. The number of anilines is 1. The predicted octanol–water partition coefficient (Wildman–Crippen LogP) is 3.43. The number of nitrogens with zero attached hydrogens (tertiary/aromatic N) is 3. The molecule has 1 aromatic heterocycles. The molecule has 0 aliphatic carbocycles. The summed E-state index contributed by atoms with van der Waals surface area (Å²) in [5.41, 5.74) is 3.86. The zero-order valence-electron chi connectivity index (χ0n) is 19.9. The molecule has 0 unspecified atom stereocenters. The summed E-state index contributed by atoms with van der Waals surface area (Å²) < 4.78 is 44.6. The fourth-order valence-electron chi connectivity index (χ4n) is 4.68. The lowest BCUT2D eigenvalue weighted by Crippen LogP contribution is -2.41. The van der Waals surface area contributed by atoms with Gasteiger partial charge in [-0.05, 0) is 55.7 Å². The van der Waals surface area contributed by atoms with Crippen molar-refractivity contribution in [2.45, 2.75) is 30.6 Å². The van der Waals surface area contributed by atoms with Crippen molar-refractivity contribution in [1.82, 2.24) is 15.3 Å². The molecule has 2 saturated heterocycles. The van der Waals surface area contributed by atoms with Gasteiger partial charge in [-0.2, -0.15) is 8.42 Å². The van der Waals surface area contributed by atoms with Crippen molar-refractivity contribution in [2.24, 2.45) is 5.92 Å². The Kier molecular flexibility index (Phi) is 6.72. The number of rotatable bonds is 6. The topological polar surface area (TPSA) is 101 Å². The number of hydrogen-bond acceptors (Lipinski definition) is 8. The maximum absolute atomic E-state index is 13.4. The first-order valence-corrected chi connectivity index (χ1v) is 13.3. The van der Waals surface area contributed by atoms with E-state index in [1.165, 1.54) is 24.5 Å². The van der Waals surface area contributed by atoms with Gasteiger partial charge in [-0.1, -0.05) is 17.7 Å². The van der Waals surface area contributed by atoms with Gasteiger partial charge in [0.15, 0.2) is 0 Å². The van der Waals surface area contributed by atoms with Crippen molar-refractivity contribution in [1.29, 1.82) is 0 Å². The largest absolute Gasteiger partial charge is 0.368 e. The highest BCUT2D eigenvalue weighted by atomic mass is 32.2. The van der Waals surface area contributed by atoms with Crippen molar-refractivity contribution in [3.8, 4) is 11.3 Å². The van der Waals surface area contributed by atoms with Gasteiger partial charge in [0.25, 0.3) is 0 Å². The Balaban J connectivity index is 1.27. The molecule has 188 valence electrons. The summed E-state index contributed by atoms with van der Waals surface area (Å²) in [5.74, 6) is -1.50. The van der Waals surface area contributed by atoms with Crippen LogP contribution in [0.25, 0.3) is 11.3 Å². The number of benzene rings is 2. The van der Waals surface area contributed by atoms with E-state index in [0.717, 1.165) is 16.8 Å². The minimum absolute atomic E-state index is 0.0655. The quantitative estimate of drug-likeness (QED) is 0.504. The average Bonchev–Trinajstić information content (AvgIpc) is 2.83. The zero-order chi connectivity index (χ0) is 25.3. The van der Waals surface area contributed by atoms with Crippen LogP contribution in [0, 0.1) is 18.7 Å². The Morgan fingerprint density at radius 1 is 1.11 bits per heavy atom. The Hall–Kier alpha value is -3.37. The van der Waals surface area contributed by atoms with Crippen LogP contribution in [0.3, 0.4) is 0 Å². The molecule has 0 radical (unpaired) electrons. The molecule has 2 aromatic carbocycles. The van der Waals surface area contributed by atoms with E-state index in [9.17, 15) is 17.6 Å². The van der Waals surface area contributed by atoms with Gasteiger partial charge in [0.05, 0.1) is 23.5 Å². The number of aromatic nitrogens is 2. The van der Waals surface area contributed by atoms with Gasteiger partial charge in [-0.15, -0.1) is 0 Å². The molecule has 10 heteroatoms. The molecule has 0 bridgehead atoms. The van der Waals surface area contributed by atoms with Crippen molar-refractivity contribution in [2.75, 3.05) is 31.1 Å². The standard InChI is InChI=1S/C26H27FN4O4S/c1-17-2-7-24(22(12-17)20-13-28-14-20)36(33,34)35-26(32)19-8-10-31(11-9-19)23-15-29-16-30-25(23)18-3-5-21(27)6-4-18/h2-7,12,15-16,19-20,28H,8-11,13-14H2,1H3. The summed E-state index contributed by atoms with van der Waals surface area (Å²) in [7, 11) is -4.23. The normalized spacial score (nSPS) is 17.0. The third-order valence-electron chi connectivity index (χ3n) is 6.83. The Bertz CT molecular complexity index is 1370. The molecule has 2 aliphatic rings. The monoisotopic (exact) mass is 510 g/mol. The number of hydrogen-bond donors (Lipinski definition) is 1. The first-order chi connectivity index (χ1) is 17.3. The van der Waals surface area contributed by atoms with Crippen molar-refractivity contribution in [3.05, 3.63) is 71.9 Å². The molecule has 0 atom stereocenters. The van der Waals surface area contributed by atoms with Crippen LogP contribution in [-0.4, -0.2) is 50.5 Å². The second kappa shape index (κ2) is 9.94. The molecule has 3 aromatic rings. The molecule has 8 nitrogen and oxygen atoms in total. The summed E-state index contributed by atoms with van der Waals surface area (Å²) in [6, 6.07) is 11.2. The van der Waals surface area contributed by atoms with Gasteiger partial charge < -0.3 is 14.4 Å². The molecular formula is C26H27FN4O4S. The Morgan fingerprint density at radius 3 is 2.50 bits per heavy atom. The van der Waals surface area contributed by atoms with E-state index in [1.54, 1.807) is 24.4 Å². The van der Waals surface area contributed by atoms with Crippen LogP contribution in [0.2, 0.25) is 0 Å². The molecule has 3 heterocycles. The molecule has 1 N–H and O–H groups in total. The Labute approximate surface area is 209 Å². The van der Waals surface area contributed by atoms with Gasteiger partial charge in [-0.3, -0.25) is 4.79 Å². The van der Waals surface area contributed by atoms with E-state index in [1.807, 2.05) is 13.0 Å². The minimum atomic E-state index is -4.23. The van der Waals surface area contributed by atoms with E-state index < -0.39 is 22.0 Å². The van der Waals surface area contributed by atoms with E-state index in [0.29, 0.717) is 50.3 Å². The summed E-state index contributed by atoms with van der Waals surface area (Å²) >= 11 is 0. The van der Waals surface area contributed by atoms with Gasteiger partial charge in [0.1, 0.15) is 17.0 Å². The molecular weight excluding hydrogens is 483 g/mol. The van der Waals surface area contributed by atoms with E-state index in [4.69, 9.17) is 4.18 Å². The fraction of sp³-hybridized carbons (Fsp3) is 0.346. The van der Waals surface area contributed by atoms with Gasteiger partial charge >= 0.3 is 16.1 Å². The van der Waals surface area contributed by atoms with Crippen LogP contribution in [0.5, 0.6) is 0 Å². The van der Waals surface area contributed by atoms with E-state index in [2.05, 4.69) is 20.2 Å². The number of aryl methyl sites for hydroxylation is 1. The second-order valence-electron chi connectivity index (χ2n) is 9.28. The van der Waals surface area contributed by atoms with E-state index in [-0.39, 0.29) is 16.6 Å². The van der Waals surface area contributed by atoms with Crippen LogP contribution in [0.4, 0.5) is 10.1 Å². The maximum atomic E-state index is 13.4. The third-order valence-corrected chi connectivity index (χ3v) is 8.12. The number of carbonyl (C=O) groups excluding carboxylic acids is 1. The van der Waals surface area contributed by atoms with Crippen LogP contribution in [-0.2, 0) is 19.1 Å². The molecule has 2 aliphatic heterocycles. The number of halogens is 1. The summed E-state index contributed by atoms with van der Waals surface area (Å²) in [5, 5.41) is 3.15. The molecule has 2 fully saturated rings. The van der Waals surface area contributed by atoms with Crippen molar-refractivity contribution < 1.29 is 21.8 Å². The number of carbonyl (C=O) groups is 1. The van der Waals surface area contributed by atoms with Gasteiger partial charge in [0.2, 0.25) is 0 Å². The molecule has 0 spiro atoms. The van der Waals surface area contributed by atoms with E-state index >= 15 is 0 Å². The fourth-order valence-corrected chi connectivity index (χ4v) is 5.88. The van der Waals surface area contributed by atoms with Crippen LogP contribution >= 0.6 is 0 Å². The second-order valence-corrected chi connectivity index (χ2v) is 10.8. The first-order valence-electron chi connectivity index (χ1n) is 11.9. The van der Waals surface area contributed by atoms with Gasteiger partial charge in [-0.25, -0.2) is 14.4 Å². The van der Waals surface area contributed by atoms with Crippen molar-refractivity contribution in [3.63, 3.8) is 0 Å². The lowest BCUT2D eigenvalue weighted by atomic mass is 9.92. The lowest BCUT2D eigenvalue weighted by Gasteiger charge is -2.33. The smallest absolute Gasteiger partial charge is 0.341 e. The van der Waals surface area contributed by atoms with Crippen molar-refractivity contribution >= 4 is 21.8 Å². The zero-order valence-corrected chi connectivity index (χ0v) is 20.7. The predicted molar refractivity (Wildman–Crippen MR) is 132 cm³/mol.